The second kappa shape index (κ2) is 9.20. The van der Waals surface area contributed by atoms with Crippen molar-refractivity contribution in [3.8, 4) is 22.7 Å². The molecule has 0 bridgehead atoms. The Morgan fingerprint density at radius 1 is 1.15 bits per heavy atom. The summed E-state index contributed by atoms with van der Waals surface area (Å²) in [4.78, 5) is 19.1. The molecule has 172 valence electrons. The van der Waals surface area contributed by atoms with E-state index in [1.807, 2.05) is 62.5 Å². The lowest BCUT2D eigenvalue weighted by molar-refractivity contribution is 0.134. The minimum absolute atomic E-state index is 0.342. The van der Waals surface area contributed by atoms with Crippen LogP contribution in [0.25, 0.3) is 22.7 Å². The van der Waals surface area contributed by atoms with E-state index in [1.54, 1.807) is 17.1 Å². The van der Waals surface area contributed by atoms with Crippen LogP contribution in [-0.2, 0) is 11.3 Å². The van der Waals surface area contributed by atoms with Crippen molar-refractivity contribution < 1.29 is 9.15 Å². The van der Waals surface area contributed by atoms with Crippen molar-refractivity contribution in [2.24, 2.45) is 0 Å². The summed E-state index contributed by atoms with van der Waals surface area (Å²) < 4.78 is 14.5. The molecule has 3 heterocycles. The van der Waals surface area contributed by atoms with Crippen molar-refractivity contribution in [2.45, 2.75) is 20.5 Å². The Kier molecular flexibility index (Phi) is 5.79. The molecule has 2 N–H and O–H groups in total. The first-order chi connectivity index (χ1) is 16.6. The summed E-state index contributed by atoms with van der Waals surface area (Å²) in [7, 11) is 0. The fraction of sp³-hybridized carbons (Fsp3) is 0.167. The Morgan fingerprint density at radius 2 is 2.03 bits per heavy atom. The lowest BCUT2D eigenvalue weighted by atomic mass is 10.1. The van der Waals surface area contributed by atoms with Gasteiger partial charge in [0.2, 0.25) is 0 Å². The van der Waals surface area contributed by atoms with Crippen molar-refractivity contribution in [1.82, 2.24) is 29.5 Å². The van der Waals surface area contributed by atoms with Crippen LogP contribution in [0.1, 0.15) is 18.1 Å². The molecule has 0 atom stereocenters. The van der Waals surface area contributed by atoms with Crippen molar-refractivity contribution >= 4 is 11.7 Å². The number of ether oxygens (including phenoxy) is 1. The zero-order chi connectivity index (χ0) is 23.5. The number of nitrogens with zero attached hydrogens (tertiary/aromatic N) is 5. The minimum atomic E-state index is -0.342. The largest absolute Gasteiger partial charge is 0.423 e. The minimum Gasteiger partial charge on any atom is -0.423 e. The maximum absolute atomic E-state index is 12.2. The first-order valence-corrected chi connectivity index (χ1v) is 10.8. The van der Waals surface area contributed by atoms with Crippen molar-refractivity contribution in [2.75, 3.05) is 11.9 Å². The first kappa shape index (κ1) is 21.4. The van der Waals surface area contributed by atoms with E-state index in [4.69, 9.17) is 9.15 Å². The molecular formula is C24H23N7O3. The average Bonchev–Trinajstić information content (AvgIpc) is 3.62. The molecule has 10 nitrogen and oxygen atoms in total. The lowest BCUT2D eigenvalue weighted by Crippen LogP contribution is -2.16. The van der Waals surface area contributed by atoms with Crippen LogP contribution in [-0.4, -0.2) is 36.1 Å². The van der Waals surface area contributed by atoms with E-state index in [1.165, 1.54) is 11.0 Å². The van der Waals surface area contributed by atoms with Gasteiger partial charge in [-0.3, -0.25) is 4.98 Å². The van der Waals surface area contributed by atoms with Crippen LogP contribution < -0.4 is 11.0 Å². The molecule has 0 saturated carbocycles. The molecule has 2 aromatic carbocycles. The number of anilines is 2. The fourth-order valence-electron chi connectivity index (χ4n) is 3.55. The molecule has 0 aliphatic rings. The van der Waals surface area contributed by atoms with Gasteiger partial charge in [0.25, 0.3) is 6.01 Å². The van der Waals surface area contributed by atoms with Crippen LogP contribution in [0.4, 0.5) is 11.7 Å². The topological polar surface area (TPSA) is 116 Å². The molecule has 3 aromatic heterocycles. The van der Waals surface area contributed by atoms with Gasteiger partial charge < -0.3 is 14.5 Å². The fourth-order valence-corrected chi connectivity index (χ4v) is 3.55. The van der Waals surface area contributed by atoms with Gasteiger partial charge in [-0.1, -0.05) is 12.1 Å². The highest BCUT2D eigenvalue weighted by Crippen LogP contribution is 2.29. The van der Waals surface area contributed by atoms with Gasteiger partial charge in [-0.05, 0) is 55.3 Å². The quantitative estimate of drug-likeness (QED) is 0.362. The highest BCUT2D eigenvalue weighted by molar-refractivity contribution is 5.66. The molecule has 5 rings (SSSR count). The number of aryl methyl sites for hydroxylation is 1. The van der Waals surface area contributed by atoms with Gasteiger partial charge in [0, 0.05) is 30.3 Å². The third-order valence-electron chi connectivity index (χ3n) is 5.28. The molecule has 0 fully saturated rings. The summed E-state index contributed by atoms with van der Waals surface area (Å²) >= 11 is 0. The summed E-state index contributed by atoms with van der Waals surface area (Å²) in [6.45, 7) is 5.18. The number of hydrogen-bond donors (Lipinski definition) is 2. The predicted molar refractivity (Wildman–Crippen MR) is 127 cm³/mol. The number of benzene rings is 2. The van der Waals surface area contributed by atoms with Gasteiger partial charge >= 0.3 is 5.69 Å². The van der Waals surface area contributed by atoms with Gasteiger partial charge in [-0.25, -0.2) is 14.5 Å². The number of aromatic nitrogens is 6. The molecular weight excluding hydrogens is 434 g/mol. The van der Waals surface area contributed by atoms with Crippen molar-refractivity contribution in [3.05, 3.63) is 89.0 Å². The normalized spacial score (nSPS) is 11.1. The summed E-state index contributed by atoms with van der Waals surface area (Å²) in [5.74, 6) is 0.532. The SMILES string of the molecule is CCOCc1ccc(C)c(Nc2ncc(-c3cc(-n4cccn4)cc(-n4nc[nH]c4=O)c3)o2)c1. The van der Waals surface area contributed by atoms with E-state index < -0.39 is 0 Å². The predicted octanol–water partition coefficient (Wildman–Crippen LogP) is 3.99. The third kappa shape index (κ3) is 4.39. The highest BCUT2D eigenvalue weighted by Gasteiger charge is 2.13. The van der Waals surface area contributed by atoms with Gasteiger partial charge in [0.15, 0.2) is 5.76 Å². The number of H-pyrrole nitrogens is 1. The molecule has 10 heteroatoms. The Hall–Kier alpha value is -4.44. The van der Waals surface area contributed by atoms with Crippen molar-refractivity contribution in [1.29, 1.82) is 0 Å². The van der Waals surface area contributed by atoms with Crippen LogP contribution in [0.15, 0.2) is 76.6 Å². The third-order valence-corrected chi connectivity index (χ3v) is 5.28. The average molecular weight is 457 g/mol. The number of aromatic amines is 1. The zero-order valence-corrected chi connectivity index (χ0v) is 18.7. The highest BCUT2D eigenvalue weighted by atomic mass is 16.5. The van der Waals surface area contributed by atoms with Crippen LogP contribution >= 0.6 is 0 Å². The molecule has 0 radical (unpaired) electrons. The van der Waals surface area contributed by atoms with Gasteiger partial charge in [-0.15, -0.1) is 0 Å². The maximum Gasteiger partial charge on any atom is 0.347 e. The summed E-state index contributed by atoms with van der Waals surface area (Å²) in [5, 5.41) is 11.6. The van der Waals surface area contributed by atoms with Crippen LogP contribution in [0.5, 0.6) is 0 Å². The standard InChI is InChI=1S/C24H23N7O3/c1-3-33-14-17-6-5-16(2)21(9-17)29-23-25-13-22(34-23)18-10-19(30-8-4-7-27-30)12-20(11-18)31-24(32)26-15-28-31/h4-13,15H,3,14H2,1-2H3,(H,25,29)(H,26,28,32). The Morgan fingerprint density at radius 3 is 2.79 bits per heavy atom. The number of oxazole rings is 1. The van der Waals surface area contributed by atoms with Crippen molar-refractivity contribution in [3.63, 3.8) is 0 Å². The maximum atomic E-state index is 12.2. The first-order valence-electron chi connectivity index (χ1n) is 10.8. The molecule has 0 unspecified atom stereocenters. The number of hydrogen-bond acceptors (Lipinski definition) is 7. The van der Waals surface area contributed by atoms with E-state index in [9.17, 15) is 4.79 Å². The van der Waals surface area contributed by atoms with Gasteiger partial charge in [-0.2, -0.15) is 14.9 Å². The molecule has 0 spiro atoms. The molecule has 0 aliphatic carbocycles. The number of nitrogens with one attached hydrogen (secondary N) is 2. The molecule has 0 aliphatic heterocycles. The van der Waals surface area contributed by atoms with E-state index in [-0.39, 0.29) is 5.69 Å². The lowest BCUT2D eigenvalue weighted by Gasteiger charge is -2.10. The smallest absolute Gasteiger partial charge is 0.347 e. The molecule has 34 heavy (non-hydrogen) atoms. The molecule has 0 saturated heterocycles. The zero-order valence-electron chi connectivity index (χ0n) is 18.7. The monoisotopic (exact) mass is 457 g/mol. The van der Waals surface area contributed by atoms with Crippen LogP contribution in [0, 0.1) is 6.92 Å². The summed E-state index contributed by atoms with van der Waals surface area (Å²) in [5.41, 5.74) is 4.70. The van der Waals surface area contributed by atoms with Crippen LogP contribution in [0.3, 0.4) is 0 Å². The van der Waals surface area contributed by atoms with Gasteiger partial charge in [0.1, 0.15) is 6.33 Å². The molecule has 5 aromatic rings. The summed E-state index contributed by atoms with van der Waals surface area (Å²) in [6, 6.07) is 13.8. The Balaban J connectivity index is 1.49. The van der Waals surface area contributed by atoms with E-state index >= 15 is 0 Å². The number of rotatable bonds is 8. The second-order valence-electron chi connectivity index (χ2n) is 7.64. The van der Waals surface area contributed by atoms with Gasteiger partial charge in [0.05, 0.1) is 24.2 Å². The Labute approximate surface area is 194 Å². The second-order valence-corrected chi connectivity index (χ2v) is 7.64. The molecule has 0 amide bonds. The van der Waals surface area contributed by atoms with E-state index in [0.29, 0.717) is 30.7 Å². The Bertz CT molecular complexity index is 1460. The van der Waals surface area contributed by atoms with Crippen LogP contribution in [0.2, 0.25) is 0 Å². The van der Waals surface area contributed by atoms with E-state index in [0.717, 1.165) is 28.1 Å². The van der Waals surface area contributed by atoms with E-state index in [2.05, 4.69) is 25.5 Å². The summed E-state index contributed by atoms with van der Waals surface area (Å²) in [6.07, 6.45) is 6.50.